The maximum Gasteiger partial charge on any atom is 0.249 e. The molecular formula is C21H20N4O3S. The Morgan fingerprint density at radius 3 is 2.86 bits per heavy atom. The van der Waals surface area contributed by atoms with Crippen molar-refractivity contribution in [3.05, 3.63) is 54.2 Å². The van der Waals surface area contributed by atoms with Gasteiger partial charge in [-0.15, -0.1) is 0 Å². The number of nitrogens with one attached hydrogen (secondary N) is 3. The molecule has 2 aromatic heterocycles. The van der Waals surface area contributed by atoms with Crippen molar-refractivity contribution in [3.63, 3.8) is 0 Å². The number of aromatic nitrogens is 2. The van der Waals surface area contributed by atoms with Crippen LogP contribution in [-0.2, 0) is 16.0 Å². The second-order valence-electron chi connectivity index (χ2n) is 6.66. The SMILES string of the molecule is COc1ccc2nc(NC(=O)[C@H](Cc3c[nH]c4ccccc34)NC(C)=O)sc2c1. The van der Waals surface area contributed by atoms with Crippen LogP contribution in [0, 0.1) is 0 Å². The van der Waals surface area contributed by atoms with Gasteiger partial charge in [-0.05, 0) is 29.8 Å². The lowest BCUT2D eigenvalue weighted by Crippen LogP contribution is -2.44. The van der Waals surface area contributed by atoms with Crippen molar-refractivity contribution in [2.45, 2.75) is 19.4 Å². The number of rotatable bonds is 6. The number of methoxy groups -OCH3 is 1. The summed E-state index contributed by atoms with van der Waals surface area (Å²) in [5, 5.41) is 7.09. The summed E-state index contributed by atoms with van der Waals surface area (Å²) >= 11 is 1.36. The first-order chi connectivity index (χ1) is 14.0. The minimum Gasteiger partial charge on any atom is -0.497 e. The lowest BCUT2D eigenvalue weighted by atomic mass is 10.0. The summed E-state index contributed by atoms with van der Waals surface area (Å²) in [6.45, 7) is 1.40. The van der Waals surface area contributed by atoms with E-state index in [2.05, 4.69) is 20.6 Å². The Labute approximate surface area is 171 Å². The smallest absolute Gasteiger partial charge is 0.249 e. The number of ether oxygens (including phenoxy) is 1. The quantitative estimate of drug-likeness (QED) is 0.455. The molecule has 2 amide bonds. The average Bonchev–Trinajstić information content (AvgIpc) is 3.30. The Kier molecular flexibility index (Phi) is 5.18. The zero-order valence-corrected chi connectivity index (χ0v) is 16.8. The fourth-order valence-corrected chi connectivity index (χ4v) is 4.15. The summed E-state index contributed by atoms with van der Waals surface area (Å²) in [6, 6.07) is 12.7. The number of hydrogen-bond acceptors (Lipinski definition) is 5. The molecule has 0 saturated heterocycles. The summed E-state index contributed by atoms with van der Waals surface area (Å²) in [4.78, 5) is 32.3. The Morgan fingerprint density at radius 2 is 2.07 bits per heavy atom. The molecule has 4 aromatic rings. The predicted octanol–water partition coefficient (Wildman–Crippen LogP) is 3.47. The minimum absolute atomic E-state index is 0.265. The van der Waals surface area contributed by atoms with Gasteiger partial charge in [0.1, 0.15) is 11.8 Å². The zero-order valence-electron chi connectivity index (χ0n) is 16.0. The second kappa shape index (κ2) is 7.92. The normalized spacial score (nSPS) is 12.1. The summed E-state index contributed by atoms with van der Waals surface area (Å²) in [5.74, 6) is 0.157. The fraction of sp³-hybridized carbons (Fsp3) is 0.190. The molecule has 0 unspecified atom stereocenters. The van der Waals surface area contributed by atoms with Gasteiger partial charge in [-0.1, -0.05) is 29.5 Å². The summed E-state index contributed by atoms with van der Waals surface area (Å²) < 4.78 is 6.14. The van der Waals surface area contributed by atoms with Crippen LogP contribution in [0.15, 0.2) is 48.7 Å². The molecule has 8 heteroatoms. The first kappa shape index (κ1) is 18.9. The van der Waals surface area contributed by atoms with Crippen LogP contribution in [0.3, 0.4) is 0 Å². The summed E-state index contributed by atoms with van der Waals surface area (Å²) in [7, 11) is 1.60. The van der Waals surface area contributed by atoms with Crippen LogP contribution in [-0.4, -0.2) is 34.9 Å². The van der Waals surface area contributed by atoms with Crippen LogP contribution in [0.4, 0.5) is 5.13 Å². The highest BCUT2D eigenvalue weighted by Crippen LogP contribution is 2.29. The van der Waals surface area contributed by atoms with E-state index in [1.807, 2.05) is 48.7 Å². The topological polar surface area (TPSA) is 96.1 Å². The Balaban J connectivity index is 1.56. The zero-order chi connectivity index (χ0) is 20.4. The van der Waals surface area contributed by atoms with Crippen molar-refractivity contribution in [1.82, 2.24) is 15.3 Å². The van der Waals surface area contributed by atoms with Gasteiger partial charge in [0.2, 0.25) is 11.8 Å². The number of nitrogens with zero attached hydrogens (tertiary/aromatic N) is 1. The van der Waals surface area contributed by atoms with Crippen LogP contribution < -0.4 is 15.4 Å². The number of benzene rings is 2. The number of fused-ring (bicyclic) bond motifs is 2. The highest BCUT2D eigenvalue weighted by atomic mass is 32.1. The van der Waals surface area contributed by atoms with Crippen LogP contribution >= 0.6 is 11.3 Å². The number of amides is 2. The molecule has 3 N–H and O–H groups in total. The molecule has 0 aliphatic heterocycles. The summed E-state index contributed by atoms with van der Waals surface area (Å²) in [5.41, 5.74) is 2.73. The van der Waals surface area contributed by atoms with E-state index in [0.29, 0.717) is 11.6 Å². The molecule has 1 atom stereocenters. The van der Waals surface area contributed by atoms with Crippen LogP contribution in [0.1, 0.15) is 12.5 Å². The molecule has 4 rings (SSSR count). The predicted molar refractivity (Wildman–Crippen MR) is 114 cm³/mol. The summed E-state index contributed by atoms with van der Waals surface area (Å²) in [6.07, 6.45) is 2.24. The first-order valence-corrected chi connectivity index (χ1v) is 9.92. The number of aromatic amines is 1. The third kappa shape index (κ3) is 4.07. The molecule has 0 fully saturated rings. The molecule has 0 saturated carbocycles. The third-order valence-corrected chi connectivity index (χ3v) is 5.55. The van der Waals surface area contributed by atoms with E-state index in [1.54, 1.807) is 7.11 Å². The molecule has 0 aliphatic carbocycles. The van der Waals surface area contributed by atoms with Crippen LogP contribution in [0.2, 0.25) is 0 Å². The number of carbonyl (C=O) groups is 2. The average molecular weight is 408 g/mol. The van der Waals surface area contributed by atoms with Crippen molar-refractivity contribution < 1.29 is 14.3 Å². The molecule has 7 nitrogen and oxygen atoms in total. The molecule has 0 radical (unpaired) electrons. The van der Waals surface area contributed by atoms with Crippen LogP contribution in [0.5, 0.6) is 5.75 Å². The molecule has 0 bridgehead atoms. The van der Waals surface area contributed by atoms with Crippen molar-refractivity contribution >= 4 is 49.4 Å². The lowest BCUT2D eigenvalue weighted by molar-refractivity contribution is -0.125. The number of carbonyl (C=O) groups excluding carboxylic acids is 2. The molecule has 29 heavy (non-hydrogen) atoms. The standard InChI is InChI=1S/C21H20N4O3S/c1-12(26)23-18(9-13-11-22-16-6-4-3-5-15(13)16)20(27)25-21-24-17-8-7-14(28-2)10-19(17)29-21/h3-8,10-11,18,22H,9H2,1-2H3,(H,23,26)(H,24,25,27)/t18-/m0/s1. The number of para-hydroxylation sites is 1. The van der Waals surface area contributed by atoms with E-state index in [9.17, 15) is 9.59 Å². The van der Waals surface area contributed by atoms with Gasteiger partial charge in [-0.2, -0.15) is 0 Å². The van der Waals surface area contributed by atoms with E-state index < -0.39 is 6.04 Å². The van der Waals surface area contributed by atoms with Crippen molar-refractivity contribution in [3.8, 4) is 5.75 Å². The number of thiazole rings is 1. The van der Waals surface area contributed by atoms with Crippen molar-refractivity contribution in [1.29, 1.82) is 0 Å². The van der Waals surface area contributed by atoms with E-state index in [4.69, 9.17) is 4.74 Å². The third-order valence-electron chi connectivity index (χ3n) is 4.62. The Bertz CT molecular complexity index is 1200. The molecule has 0 spiro atoms. The van der Waals surface area contributed by atoms with Gasteiger partial charge in [-0.25, -0.2) is 4.98 Å². The van der Waals surface area contributed by atoms with Gasteiger partial charge in [0, 0.05) is 30.4 Å². The number of hydrogen-bond donors (Lipinski definition) is 3. The van der Waals surface area contributed by atoms with E-state index in [1.165, 1.54) is 18.3 Å². The van der Waals surface area contributed by atoms with E-state index in [0.717, 1.165) is 32.4 Å². The lowest BCUT2D eigenvalue weighted by Gasteiger charge is -2.16. The van der Waals surface area contributed by atoms with Gasteiger partial charge in [0.15, 0.2) is 5.13 Å². The monoisotopic (exact) mass is 408 g/mol. The maximum absolute atomic E-state index is 12.9. The molecular weight excluding hydrogens is 388 g/mol. The number of anilines is 1. The fourth-order valence-electron chi connectivity index (χ4n) is 3.25. The Hall–Kier alpha value is -3.39. The molecule has 2 heterocycles. The Morgan fingerprint density at radius 1 is 1.24 bits per heavy atom. The van der Waals surface area contributed by atoms with Gasteiger partial charge < -0.3 is 20.4 Å². The van der Waals surface area contributed by atoms with E-state index in [-0.39, 0.29) is 11.8 Å². The van der Waals surface area contributed by atoms with Crippen molar-refractivity contribution in [2.75, 3.05) is 12.4 Å². The maximum atomic E-state index is 12.9. The van der Waals surface area contributed by atoms with Gasteiger partial charge in [-0.3, -0.25) is 9.59 Å². The van der Waals surface area contributed by atoms with E-state index >= 15 is 0 Å². The minimum atomic E-state index is -0.715. The highest BCUT2D eigenvalue weighted by molar-refractivity contribution is 7.22. The largest absolute Gasteiger partial charge is 0.497 e. The van der Waals surface area contributed by atoms with Crippen molar-refractivity contribution in [2.24, 2.45) is 0 Å². The second-order valence-corrected chi connectivity index (χ2v) is 7.69. The molecule has 148 valence electrons. The first-order valence-electron chi connectivity index (χ1n) is 9.11. The van der Waals surface area contributed by atoms with Gasteiger partial charge in [0.05, 0.1) is 17.3 Å². The molecule has 0 aliphatic rings. The van der Waals surface area contributed by atoms with Gasteiger partial charge in [0.25, 0.3) is 0 Å². The van der Waals surface area contributed by atoms with Gasteiger partial charge >= 0.3 is 0 Å². The number of H-pyrrole nitrogens is 1. The molecule has 2 aromatic carbocycles. The van der Waals surface area contributed by atoms with Crippen LogP contribution in [0.25, 0.3) is 21.1 Å². The highest BCUT2D eigenvalue weighted by Gasteiger charge is 2.22.